The Bertz CT molecular complexity index is 663. The molecule has 0 amide bonds. The molecule has 0 N–H and O–H groups in total. The first-order valence-electron chi connectivity index (χ1n) is 6.65. The van der Waals surface area contributed by atoms with Gasteiger partial charge in [-0.05, 0) is 55.8 Å². The number of hydrogen-bond donors (Lipinski definition) is 0. The highest BCUT2D eigenvalue weighted by Crippen LogP contribution is 2.25. The fraction of sp³-hybridized carbons (Fsp3) is 0.167. The minimum Gasteiger partial charge on any atom is -0.497 e. The lowest BCUT2D eigenvalue weighted by Crippen LogP contribution is -2.04. The van der Waals surface area contributed by atoms with Crippen LogP contribution in [0.1, 0.15) is 29.8 Å². The number of Topliss-reactive ketones (excluding diaryl/α,β-unsaturated/α-hetero) is 1. The van der Waals surface area contributed by atoms with Crippen molar-refractivity contribution in [2.24, 2.45) is 0 Å². The second-order valence-corrected chi connectivity index (χ2v) is 5.38. The zero-order chi connectivity index (χ0) is 15.4. The van der Waals surface area contributed by atoms with Gasteiger partial charge in [-0.15, -0.1) is 0 Å². The summed E-state index contributed by atoms with van der Waals surface area (Å²) in [6.07, 6.45) is 0. The van der Waals surface area contributed by atoms with Crippen LogP contribution in [0.15, 0.2) is 54.1 Å². The third-order valence-electron chi connectivity index (χ3n) is 3.21. The maximum Gasteiger partial charge on any atom is 0.193 e. The summed E-state index contributed by atoms with van der Waals surface area (Å²) in [5, 5.41) is 0.656. The van der Waals surface area contributed by atoms with Crippen molar-refractivity contribution in [1.29, 1.82) is 0 Å². The minimum absolute atomic E-state index is 0.0000227. The van der Waals surface area contributed by atoms with Crippen molar-refractivity contribution >= 4 is 23.0 Å². The molecule has 0 aliphatic heterocycles. The van der Waals surface area contributed by atoms with Crippen molar-refractivity contribution in [2.75, 3.05) is 7.11 Å². The first-order valence-corrected chi connectivity index (χ1v) is 7.03. The average Bonchev–Trinajstić information content (AvgIpc) is 2.49. The summed E-state index contributed by atoms with van der Waals surface area (Å²) in [6, 6.07) is 14.5. The van der Waals surface area contributed by atoms with Crippen LogP contribution in [0, 0.1) is 0 Å². The highest BCUT2D eigenvalue weighted by Gasteiger charge is 2.16. The standard InChI is InChI=1S/C18H17ClO2/c1-12(2)17(13-4-8-15(19)9-5-13)18(20)14-6-10-16(21-3)11-7-14/h4-11H,1-3H3. The van der Waals surface area contributed by atoms with Gasteiger partial charge in [-0.1, -0.05) is 29.3 Å². The van der Waals surface area contributed by atoms with E-state index in [1.165, 1.54) is 0 Å². The molecule has 2 aromatic carbocycles. The summed E-state index contributed by atoms with van der Waals surface area (Å²) in [5.74, 6) is 0.733. The number of benzene rings is 2. The number of rotatable bonds is 4. The minimum atomic E-state index is -0.0000227. The van der Waals surface area contributed by atoms with Gasteiger partial charge in [0.25, 0.3) is 0 Å². The maximum absolute atomic E-state index is 12.7. The van der Waals surface area contributed by atoms with E-state index in [1.807, 2.05) is 26.0 Å². The number of carbonyl (C=O) groups is 1. The Morgan fingerprint density at radius 3 is 1.90 bits per heavy atom. The van der Waals surface area contributed by atoms with E-state index in [9.17, 15) is 4.79 Å². The van der Waals surface area contributed by atoms with E-state index < -0.39 is 0 Å². The Balaban J connectivity index is 2.41. The van der Waals surface area contributed by atoms with Crippen LogP contribution in [0.5, 0.6) is 5.75 Å². The first kappa shape index (κ1) is 15.3. The summed E-state index contributed by atoms with van der Waals surface area (Å²) >= 11 is 5.91. The van der Waals surface area contributed by atoms with Gasteiger partial charge in [0.2, 0.25) is 0 Å². The van der Waals surface area contributed by atoms with Gasteiger partial charge < -0.3 is 4.74 Å². The second-order valence-electron chi connectivity index (χ2n) is 4.94. The lowest BCUT2D eigenvalue weighted by Gasteiger charge is -2.10. The fourth-order valence-corrected chi connectivity index (χ4v) is 2.28. The Kier molecular flexibility index (Phi) is 4.81. The lowest BCUT2D eigenvalue weighted by molar-refractivity contribution is 0.105. The molecular formula is C18H17ClO2. The summed E-state index contributed by atoms with van der Waals surface area (Å²) in [4.78, 5) is 12.7. The van der Waals surface area contributed by atoms with Crippen molar-refractivity contribution in [3.63, 3.8) is 0 Å². The number of halogens is 1. The van der Waals surface area contributed by atoms with E-state index in [-0.39, 0.29) is 5.78 Å². The first-order chi connectivity index (χ1) is 10.0. The van der Waals surface area contributed by atoms with Crippen LogP contribution < -0.4 is 4.74 Å². The largest absolute Gasteiger partial charge is 0.497 e. The topological polar surface area (TPSA) is 26.3 Å². The molecule has 2 rings (SSSR count). The number of methoxy groups -OCH3 is 1. The van der Waals surface area contributed by atoms with Crippen molar-refractivity contribution in [1.82, 2.24) is 0 Å². The van der Waals surface area contributed by atoms with E-state index >= 15 is 0 Å². The second kappa shape index (κ2) is 6.59. The molecule has 0 aliphatic rings. The average molecular weight is 301 g/mol. The molecule has 21 heavy (non-hydrogen) atoms. The van der Waals surface area contributed by atoms with Gasteiger partial charge in [0, 0.05) is 16.2 Å². The third-order valence-corrected chi connectivity index (χ3v) is 3.46. The van der Waals surface area contributed by atoms with Crippen LogP contribution in [0.3, 0.4) is 0 Å². The third kappa shape index (κ3) is 3.53. The molecule has 0 saturated heterocycles. The molecule has 0 heterocycles. The Labute approximate surface area is 130 Å². The molecular weight excluding hydrogens is 284 g/mol. The lowest BCUT2D eigenvalue weighted by atomic mass is 9.93. The monoisotopic (exact) mass is 300 g/mol. The van der Waals surface area contributed by atoms with Gasteiger partial charge in [-0.3, -0.25) is 4.79 Å². The molecule has 0 saturated carbocycles. The summed E-state index contributed by atoms with van der Waals surface area (Å²) in [5.41, 5.74) is 3.19. The number of allylic oxidation sites excluding steroid dienone is 2. The quantitative estimate of drug-likeness (QED) is 0.585. The fourth-order valence-electron chi connectivity index (χ4n) is 2.15. The molecule has 2 aromatic rings. The van der Waals surface area contributed by atoms with Gasteiger partial charge in [0.15, 0.2) is 5.78 Å². The highest BCUT2D eigenvalue weighted by atomic mass is 35.5. The Hall–Kier alpha value is -2.06. The van der Waals surface area contributed by atoms with Gasteiger partial charge >= 0.3 is 0 Å². The van der Waals surface area contributed by atoms with Crippen LogP contribution in [-0.2, 0) is 0 Å². The smallest absolute Gasteiger partial charge is 0.193 e. The molecule has 0 aliphatic carbocycles. The molecule has 108 valence electrons. The van der Waals surface area contributed by atoms with Gasteiger partial charge in [-0.2, -0.15) is 0 Å². The number of hydrogen-bond acceptors (Lipinski definition) is 2. The number of carbonyl (C=O) groups excluding carboxylic acids is 1. The molecule has 0 atom stereocenters. The van der Waals surface area contributed by atoms with Crippen LogP contribution in [0.25, 0.3) is 5.57 Å². The molecule has 3 heteroatoms. The highest BCUT2D eigenvalue weighted by molar-refractivity contribution is 6.31. The van der Waals surface area contributed by atoms with E-state index in [0.717, 1.165) is 16.9 Å². The molecule has 0 spiro atoms. The summed E-state index contributed by atoms with van der Waals surface area (Å²) < 4.78 is 5.12. The van der Waals surface area contributed by atoms with Crippen LogP contribution in [-0.4, -0.2) is 12.9 Å². The molecule has 0 aromatic heterocycles. The molecule has 2 nitrogen and oxygen atoms in total. The van der Waals surface area contributed by atoms with Crippen molar-refractivity contribution < 1.29 is 9.53 Å². The number of ketones is 1. The molecule has 0 unspecified atom stereocenters. The van der Waals surface area contributed by atoms with Crippen LogP contribution >= 0.6 is 11.6 Å². The van der Waals surface area contributed by atoms with Crippen LogP contribution in [0.4, 0.5) is 0 Å². The molecule has 0 radical (unpaired) electrons. The van der Waals surface area contributed by atoms with Crippen LogP contribution in [0.2, 0.25) is 5.02 Å². The van der Waals surface area contributed by atoms with Crippen molar-refractivity contribution in [3.8, 4) is 5.75 Å². The van der Waals surface area contributed by atoms with E-state index in [2.05, 4.69) is 0 Å². The zero-order valence-electron chi connectivity index (χ0n) is 12.3. The van der Waals surface area contributed by atoms with Gasteiger partial charge in [0.1, 0.15) is 5.75 Å². The Morgan fingerprint density at radius 1 is 0.905 bits per heavy atom. The molecule has 0 fully saturated rings. The molecule has 0 bridgehead atoms. The summed E-state index contributed by atoms with van der Waals surface area (Å²) in [6.45, 7) is 3.87. The SMILES string of the molecule is COc1ccc(C(=O)C(=C(C)C)c2ccc(Cl)cc2)cc1. The van der Waals surface area contributed by atoms with Crippen molar-refractivity contribution in [3.05, 3.63) is 70.3 Å². The van der Waals surface area contributed by atoms with Crippen molar-refractivity contribution in [2.45, 2.75) is 13.8 Å². The predicted molar refractivity (Wildman–Crippen MR) is 87.0 cm³/mol. The zero-order valence-corrected chi connectivity index (χ0v) is 13.1. The normalized spacial score (nSPS) is 10.1. The maximum atomic E-state index is 12.7. The van der Waals surface area contributed by atoms with Gasteiger partial charge in [0.05, 0.1) is 7.11 Å². The number of ether oxygens (including phenoxy) is 1. The Morgan fingerprint density at radius 2 is 1.43 bits per heavy atom. The van der Waals surface area contributed by atoms with Gasteiger partial charge in [-0.25, -0.2) is 0 Å². The summed E-state index contributed by atoms with van der Waals surface area (Å²) in [7, 11) is 1.60. The predicted octanol–water partition coefficient (Wildman–Crippen LogP) is 5.02. The van der Waals surface area contributed by atoms with E-state index in [4.69, 9.17) is 16.3 Å². The van der Waals surface area contributed by atoms with E-state index in [0.29, 0.717) is 16.2 Å². The van der Waals surface area contributed by atoms with E-state index in [1.54, 1.807) is 43.5 Å².